The second-order valence-corrected chi connectivity index (χ2v) is 4.04. The van der Waals surface area contributed by atoms with E-state index in [4.69, 9.17) is 18.9 Å². The minimum absolute atomic E-state index is 0. The fourth-order valence-electron chi connectivity index (χ4n) is 2.24. The molecule has 0 unspecified atom stereocenters. The molecule has 0 fully saturated rings. The first kappa shape index (κ1) is 20.1. The van der Waals surface area contributed by atoms with Crippen LogP contribution in [0.15, 0.2) is 12.1 Å². The third-order valence-corrected chi connectivity index (χ3v) is 3.07. The summed E-state index contributed by atoms with van der Waals surface area (Å²) in [5.41, 5.74) is 0.860. The summed E-state index contributed by atoms with van der Waals surface area (Å²) >= 11 is 0. The summed E-state index contributed by atoms with van der Waals surface area (Å²) in [7, 11) is 6.48. The van der Waals surface area contributed by atoms with Gasteiger partial charge in [-0.25, -0.2) is 0 Å². The monoisotopic (exact) mass is 364 g/mol. The largest absolute Gasteiger partial charge is 2.00 e. The van der Waals surface area contributed by atoms with E-state index in [0.717, 1.165) is 16.3 Å². The van der Waals surface area contributed by atoms with Gasteiger partial charge in [0.05, 0.1) is 34.2 Å². The molecule has 0 N–H and O–H groups in total. The van der Waals surface area contributed by atoms with Gasteiger partial charge in [0.1, 0.15) is 5.75 Å². The zero-order valence-corrected chi connectivity index (χ0v) is 15.9. The van der Waals surface area contributed by atoms with Crippen LogP contribution in [0.2, 0.25) is 0 Å². The van der Waals surface area contributed by atoms with Crippen LogP contribution < -0.4 is 35.9 Å². The van der Waals surface area contributed by atoms with Crippen LogP contribution in [0.5, 0.6) is 23.0 Å². The number of halogens is 1. The third-order valence-electron chi connectivity index (χ3n) is 3.07. The van der Waals surface area contributed by atoms with Crippen molar-refractivity contribution >= 4 is 33.8 Å². The second-order valence-electron chi connectivity index (χ2n) is 4.04. The Morgan fingerprint density at radius 3 is 1.76 bits per heavy atom. The predicted molar refractivity (Wildman–Crippen MR) is 79.5 cm³/mol. The number of ether oxygens (including phenoxy) is 4. The van der Waals surface area contributed by atoms with Gasteiger partial charge in [-0.2, -0.15) is 0 Å². The number of benzene rings is 2. The van der Waals surface area contributed by atoms with Crippen molar-refractivity contribution < 1.29 is 35.9 Å². The Labute approximate surface area is 151 Å². The molecule has 2 aromatic rings. The molecule has 2 rings (SSSR count). The first-order valence-electron chi connectivity index (χ1n) is 5.86. The van der Waals surface area contributed by atoms with Crippen LogP contribution in [0, 0.1) is 13.0 Å². The summed E-state index contributed by atoms with van der Waals surface area (Å²) in [5.74, 6) is 2.74. The van der Waals surface area contributed by atoms with Gasteiger partial charge in [0.25, 0.3) is 0 Å². The molecule has 4 nitrogen and oxygen atoms in total. The first-order valence-corrected chi connectivity index (χ1v) is 5.86. The van der Waals surface area contributed by atoms with E-state index in [9.17, 15) is 0 Å². The molecule has 0 aromatic heterocycles. The first-order chi connectivity index (χ1) is 9.17. The van der Waals surface area contributed by atoms with E-state index >= 15 is 0 Å². The molecule has 0 saturated carbocycles. The SMILES string of the molecule is COc1[c-]c(C)c(OC)c2c(OC)ccc(OC)c12.[Br-].[Mg+2]. The third kappa shape index (κ3) is 3.49. The van der Waals surface area contributed by atoms with Gasteiger partial charge in [0.2, 0.25) is 0 Å². The van der Waals surface area contributed by atoms with Crippen LogP contribution in [0.3, 0.4) is 0 Å². The minimum Gasteiger partial charge on any atom is -1.00 e. The smallest absolute Gasteiger partial charge is 1.00 e. The Morgan fingerprint density at radius 2 is 1.33 bits per heavy atom. The Kier molecular flexibility index (Phi) is 8.21. The molecule has 0 amide bonds. The average molecular weight is 366 g/mol. The molecule has 0 heterocycles. The molecule has 0 saturated heterocycles. The quantitative estimate of drug-likeness (QED) is 0.546. The summed E-state index contributed by atoms with van der Waals surface area (Å²) in [4.78, 5) is 0. The van der Waals surface area contributed by atoms with Gasteiger partial charge >= 0.3 is 23.1 Å². The van der Waals surface area contributed by atoms with Gasteiger partial charge in [-0.05, 0) is 22.9 Å². The van der Waals surface area contributed by atoms with E-state index in [-0.39, 0.29) is 40.0 Å². The van der Waals surface area contributed by atoms with Crippen LogP contribution in [-0.4, -0.2) is 51.5 Å². The van der Waals surface area contributed by atoms with Crippen molar-refractivity contribution in [2.75, 3.05) is 28.4 Å². The van der Waals surface area contributed by atoms with Crippen molar-refractivity contribution in [1.29, 1.82) is 0 Å². The van der Waals surface area contributed by atoms with E-state index in [1.807, 2.05) is 19.1 Å². The van der Waals surface area contributed by atoms with Gasteiger partial charge in [-0.15, -0.1) is 11.6 Å². The van der Waals surface area contributed by atoms with E-state index in [2.05, 4.69) is 6.07 Å². The minimum atomic E-state index is 0. The molecule has 0 aliphatic rings. The Hall–Kier alpha value is -0.854. The summed E-state index contributed by atoms with van der Waals surface area (Å²) in [6.45, 7) is 1.92. The predicted octanol–water partition coefficient (Wildman–Crippen LogP) is -0.394. The van der Waals surface area contributed by atoms with Gasteiger partial charge in [0.15, 0.2) is 0 Å². The standard InChI is InChI=1S/C15H17O4.BrH.Mg/c1-9-8-12(18-4)13-10(16-2)6-7-11(17-3)14(13)15(9)19-5;;/h6-7H,1-5H3;1H;/q-1;;+2/p-1. The Balaban J connectivity index is 0.00000200. The van der Waals surface area contributed by atoms with Gasteiger partial charge in [-0.1, -0.05) is 6.92 Å². The number of hydrogen-bond acceptors (Lipinski definition) is 4. The average Bonchev–Trinajstić information content (AvgIpc) is 2.45. The molecular weight excluding hydrogens is 348 g/mol. The van der Waals surface area contributed by atoms with Crippen LogP contribution >= 0.6 is 0 Å². The Morgan fingerprint density at radius 1 is 0.810 bits per heavy atom. The van der Waals surface area contributed by atoms with Crippen molar-refractivity contribution in [1.82, 2.24) is 0 Å². The molecule has 0 aliphatic carbocycles. The second kappa shape index (κ2) is 8.56. The molecular formula is C15H17BrMgO4. The van der Waals surface area contributed by atoms with Crippen molar-refractivity contribution in [2.45, 2.75) is 6.92 Å². The maximum Gasteiger partial charge on any atom is 2.00 e. The zero-order valence-electron chi connectivity index (χ0n) is 12.9. The van der Waals surface area contributed by atoms with Crippen molar-refractivity contribution in [3.05, 3.63) is 23.8 Å². The normalized spacial score (nSPS) is 9.38. The number of rotatable bonds is 4. The molecule has 0 spiro atoms. The topological polar surface area (TPSA) is 36.9 Å². The van der Waals surface area contributed by atoms with Crippen LogP contribution in [0.25, 0.3) is 10.8 Å². The van der Waals surface area contributed by atoms with E-state index in [1.54, 1.807) is 28.4 Å². The summed E-state index contributed by atoms with van der Waals surface area (Å²) in [5, 5.41) is 1.63. The maximum atomic E-state index is 5.48. The molecule has 0 aliphatic heterocycles. The zero-order chi connectivity index (χ0) is 14.0. The van der Waals surface area contributed by atoms with E-state index in [1.165, 1.54) is 0 Å². The number of methoxy groups -OCH3 is 4. The van der Waals surface area contributed by atoms with Gasteiger partial charge in [-0.3, -0.25) is 0 Å². The molecule has 0 radical (unpaired) electrons. The fourth-order valence-corrected chi connectivity index (χ4v) is 2.24. The van der Waals surface area contributed by atoms with Crippen LogP contribution in [-0.2, 0) is 0 Å². The molecule has 0 atom stereocenters. The summed E-state index contributed by atoms with van der Waals surface area (Å²) < 4.78 is 21.7. The van der Waals surface area contributed by atoms with Crippen molar-refractivity contribution in [3.63, 3.8) is 0 Å². The van der Waals surface area contributed by atoms with Crippen LogP contribution in [0.1, 0.15) is 5.56 Å². The molecule has 6 heteroatoms. The van der Waals surface area contributed by atoms with Crippen molar-refractivity contribution in [3.8, 4) is 23.0 Å². The summed E-state index contributed by atoms with van der Waals surface area (Å²) in [6, 6.07) is 6.85. The van der Waals surface area contributed by atoms with E-state index in [0.29, 0.717) is 23.0 Å². The van der Waals surface area contributed by atoms with Crippen molar-refractivity contribution in [2.24, 2.45) is 0 Å². The number of fused-ring (bicyclic) bond motifs is 1. The molecule has 0 bridgehead atoms. The summed E-state index contributed by atoms with van der Waals surface area (Å²) in [6.07, 6.45) is 0. The van der Waals surface area contributed by atoms with Gasteiger partial charge in [0, 0.05) is 11.5 Å². The van der Waals surface area contributed by atoms with Gasteiger partial charge < -0.3 is 35.9 Å². The molecule has 110 valence electrons. The number of aryl methyl sites for hydroxylation is 1. The fraction of sp³-hybridized carbons (Fsp3) is 0.333. The van der Waals surface area contributed by atoms with E-state index < -0.39 is 0 Å². The number of hydrogen-bond donors (Lipinski definition) is 0. The van der Waals surface area contributed by atoms with Crippen LogP contribution in [0.4, 0.5) is 0 Å². The Bertz CT molecular complexity index is 616. The molecule has 2 aromatic carbocycles. The maximum absolute atomic E-state index is 5.48. The molecule has 21 heavy (non-hydrogen) atoms.